The number of aliphatic hydroxyl groups excluding tert-OH is 1. The number of rotatable bonds is 20. The van der Waals surface area contributed by atoms with Crippen LogP contribution < -0.4 is 80.6 Å². The molecule has 2 aromatic heterocycles. The van der Waals surface area contributed by atoms with Gasteiger partial charge in [0.1, 0.15) is 78.8 Å². The van der Waals surface area contributed by atoms with Crippen LogP contribution in [0.1, 0.15) is 91.2 Å². The van der Waals surface area contributed by atoms with Gasteiger partial charge in [-0.15, -0.1) is 0 Å². The Kier molecular flexibility index (Phi) is 43.9. The Labute approximate surface area is 793 Å². The molecule has 748 valence electrons. The van der Waals surface area contributed by atoms with E-state index < -0.39 is 321 Å². The second-order valence-corrected chi connectivity index (χ2v) is 42.8. The average molecular weight is 2010 g/mol. The molecule has 135 heavy (non-hydrogen) atoms. The van der Waals surface area contributed by atoms with Crippen molar-refractivity contribution >= 4 is 188 Å². The highest BCUT2D eigenvalue weighted by atomic mass is 32.2. The first kappa shape index (κ1) is 111. The third kappa shape index (κ3) is 33.9. The number of primary amides is 1. The van der Waals surface area contributed by atoms with Gasteiger partial charge in [0.15, 0.2) is 0 Å². The number of amides is 14. The lowest BCUT2D eigenvalue weighted by Gasteiger charge is -2.32. The molecule has 4 fully saturated rings. The van der Waals surface area contributed by atoms with Crippen molar-refractivity contribution in [3.05, 3.63) is 72.1 Å². The molecule has 22 N–H and O–H groups in total. The number of carboxylic acid groups (broad SMARTS) is 2. The fourth-order valence-corrected chi connectivity index (χ4v) is 23.5. The van der Waals surface area contributed by atoms with E-state index in [0.717, 1.165) is 49.6 Å². The van der Waals surface area contributed by atoms with Crippen molar-refractivity contribution in [3.8, 4) is 0 Å². The van der Waals surface area contributed by atoms with Gasteiger partial charge in [-0.25, -0.2) is 25.3 Å². The number of H-pyrrole nitrogens is 2. The van der Waals surface area contributed by atoms with Crippen molar-refractivity contribution in [2.45, 2.75) is 172 Å². The fraction of sp³-hybridized carbons (Fsp3) is 0.598. The molecule has 47 nitrogen and oxygen atoms in total. The van der Waals surface area contributed by atoms with E-state index in [9.17, 15) is 108 Å². The Morgan fingerprint density at radius 3 is 1.52 bits per heavy atom. The topological polar surface area (TPSA) is 706 Å². The number of aromatic nitrogens is 2. The molecule has 0 spiro atoms. The number of likely N-dealkylation sites (N-methyl/N-ethyl adjacent to an activating group) is 1. The van der Waals surface area contributed by atoms with Crippen LogP contribution in [0.25, 0.3) is 21.8 Å². The van der Waals surface area contributed by atoms with E-state index in [1.54, 1.807) is 68.6 Å². The molecule has 6 heterocycles. The zero-order chi connectivity index (χ0) is 99.8. The van der Waals surface area contributed by atoms with Crippen molar-refractivity contribution in [2.75, 3.05) is 124 Å². The van der Waals surface area contributed by atoms with Gasteiger partial charge in [-0.1, -0.05) is 64.1 Å². The summed E-state index contributed by atoms with van der Waals surface area (Å²) in [5.41, 5.74) is 12.8. The van der Waals surface area contributed by atoms with Crippen LogP contribution >= 0.6 is 35.3 Å². The predicted octanol–water partition coefficient (Wildman–Crippen LogP) is -6.70. The van der Waals surface area contributed by atoms with Crippen molar-refractivity contribution in [2.24, 2.45) is 23.3 Å². The number of carboxylic acids is 2. The second-order valence-electron chi connectivity index (χ2n) is 33.1. The summed E-state index contributed by atoms with van der Waals surface area (Å²) in [6, 6.07) is -6.76. The van der Waals surface area contributed by atoms with Crippen LogP contribution in [0.15, 0.2) is 60.9 Å². The van der Waals surface area contributed by atoms with Crippen LogP contribution in [0.5, 0.6) is 0 Å². The summed E-state index contributed by atoms with van der Waals surface area (Å²) in [5, 5.41) is 64.8. The number of thioether (sulfide) groups is 3. The SMILES string of the molecule is CNCC(=O)N[C@@H](C)C(=O)N[C@H]1CSCCS(=O)(=O)N2CCN3CCN(CC2)S(=O)(=O)CCSC[C@H](NC(=O)[C@H](CCC(=O)O)NC(=O)[C@H]([C@@H](C)O)NC1=O)C(=O)N[C@@H](Cc1c[nH]c2ccccc12)C(=O)N[C@@H](C(C)C)C(=O)N[C@@H](CC(=O)O)C(=O)NCC(=O)N[C@@H](Cc1c[nH]c2ccccc12)C(=O)N[C@@H](C(C)C)C(=O)N1CCC[C@H]1C(=O)N[C@H](C(N)=O)CSCCS3(=O)=O.NCCC=O. The van der Waals surface area contributed by atoms with Crippen molar-refractivity contribution in [3.63, 3.8) is 0 Å². The first-order valence-corrected chi connectivity index (χ1v) is 52.0. The summed E-state index contributed by atoms with van der Waals surface area (Å²) < 4.78 is 91.3. The van der Waals surface area contributed by atoms with E-state index in [1.165, 1.54) is 38.9 Å². The van der Waals surface area contributed by atoms with E-state index in [2.05, 4.69) is 79.1 Å². The zero-order valence-corrected chi connectivity index (χ0v) is 80.6. The van der Waals surface area contributed by atoms with E-state index in [1.807, 2.05) is 0 Å². The molecular weight excluding hydrogens is 1890 g/mol. The molecule has 4 aliphatic rings. The van der Waals surface area contributed by atoms with E-state index in [4.69, 9.17) is 11.5 Å². The van der Waals surface area contributed by atoms with Crippen molar-refractivity contribution in [1.29, 1.82) is 0 Å². The van der Waals surface area contributed by atoms with Gasteiger partial charge in [0, 0.05) is 140 Å². The van der Waals surface area contributed by atoms with Gasteiger partial charge in [-0.2, -0.15) is 48.2 Å². The predicted molar refractivity (Wildman–Crippen MR) is 500 cm³/mol. The number of nitrogens with zero attached hydrogens (tertiary/aromatic N) is 4. The number of aldehydes is 1. The second kappa shape index (κ2) is 53.2. The van der Waals surface area contributed by atoms with Gasteiger partial charge in [0.25, 0.3) is 0 Å². The molecule has 2 aromatic carbocycles. The molecule has 16 atom stereocenters. The van der Waals surface area contributed by atoms with Crippen molar-refractivity contribution < 1.29 is 122 Å². The first-order chi connectivity index (χ1) is 63.8. The summed E-state index contributed by atoms with van der Waals surface area (Å²) in [6.45, 7) is 4.12. The zero-order valence-electron chi connectivity index (χ0n) is 75.7. The van der Waals surface area contributed by atoms with Crippen LogP contribution in [0.4, 0.5) is 0 Å². The van der Waals surface area contributed by atoms with Crippen LogP contribution in [0.2, 0.25) is 0 Å². The number of hydrogen-bond donors (Lipinski definition) is 20. The number of nitrogens with one attached hydrogen (secondary N) is 15. The lowest BCUT2D eigenvalue weighted by molar-refractivity contribution is -0.143. The van der Waals surface area contributed by atoms with Gasteiger partial charge in [-0.3, -0.25) is 76.7 Å². The highest BCUT2D eigenvalue weighted by molar-refractivity contribution is 8.01. The largest absolute Gasteiger partial charge is 0.481 e. The highest BCUT2D eigenvalue weighted by Gasteiger charge is 2.44. The number of carbonyl (C=O) groups excluding carboxylic acids is 15. The van der Waals surface area contributed by atoms with Gasteiger partial charge < -0.3 is 116 Å². The molecule has 0 saturated carbocycles. The Hall–Kier alpha value is -10.6. The van der Waals surface area contributed by atoms with E-state index in [-0.39, 0.29) is 49.6 Å². The number of benzene rings is 2. The highest BCUT2D eigenvalue weighted by Crippen LogP contribution is 2.26. The third-order valence-corrected chi connectivity index (χ3v) is 31.8. The number of hydrogen-bond acceptors (Lipinski definition) is 29. The molecule has 0 radical (unpaired) electrons. The maximum Gasteiger partial charge on any atom is 0.305 e. The Morgan fingerprint density at radius 2 is 1.03 bits per heavy atom. The monoisotopic (exact) mass is 2010 g/mol. The Bertz CT molecular complexity index is 5240. The Morgan fingerprint density at radius 1 is 0.548 bits per heavy atom. The lowest BCUT2D eigenvalue weighted by atomic mass is 9.99. The van der Waals surface area contributed by atoms with Crippen molar-refractivity contribution in [1.82, 2.24) is 96.9 Å². The van der Waals surface area contributed by atoms with Crippen LogP contribution in [-0.2, 0) is 124 Å². The maximum absolute atomic E-state index is 15.4. The molecule has 3 unspecified atom stereocenters. The lowest BCUT2D eigenvalue weighted by Crippen LogP contribution is -2.62. The molecule has 4 saturated heterocycles. The minimum Gasteiger partial charge on any atom is -0.481 e. The molecule has 14 amide bonds. The standard InChI is InChI=1S/C79H116N20O25S6.C3H7NO/c1-43(2)65-77(116)89-56(35-64(105)106)70(109)84-39-62(102)86-54(33-47-36-82-51-15-10-8-13-49(47)51)72(111)94-66(44(3)4)79(118)99-20-12-17-60(99)76(115)90-57(68(80)107)40-125-27-30-128(119,120)96-21-23-97-25-26-98(24-22-96)130(123,124)32-29-127-42-59(91-69(108)45(5)85-61(101)38-81-7)75(114)95-67(46(6)100)78(117)87-53(18-19-63(103)104)71(110)92-58(41-126-28-31-129(97,121)122)74(113)88-55(73(112)93-65)34-48-37-83-52-16-11-9-14-50(48)52;4-2-1-3-5/h8-11,13-16,36-37,43-46,53-60,65-67,81-83,100H,12,17-35,38-42H2,1-7H3,(H2,80,107)(H,84,109)(H,85,101)(H,86,102)(H,87,117)(H,88,113)(H,89,116)(H,90,115)(H,91,108)(H,92,110)(H,93,112)(H,94,111)(H,95,114)(H,103,104)(H,105,106);3H,1-2,4H2/t45-,46+,53-,54-,55-,56-,57-,58-,59-,60-,65-,66-,67-;/m0./s1. The molecule has 4 aromatic rings. The van der Waals surface area contributed by atoms with Gasteiger partial charge in [0.05, 0.1) is 42.9 Å². The minimum absolute atomic E-state index is 0.0177. The number of sulfonamides is 3. The summed E-state index contributed by atoms with van der Waals surface area (Å²) >= 11 is 2.29. The van der Waals surface area contributed by atoms with Gasteiger partial charge >= 0.3 is 11.9 Å². The maximum atomic E-state index is 15.4. The summed E-state index contributed by atoms with van der Waals surface area (Å²) in [4.78, 5) is 243. The van der Waals surface area contributed by atoms with Crippen LogP contribution in [0, 0.1) is 11.8 Å². The average Bonchev–Trinajstić information content (AvgIpc) is 1.77. The number of para-hydroxylation sites is 2. The van der Waals surface area contributed by atoms with Gasteiger partial charge in [-0.05, 0) is 81.8 Å². The minimum atomic E-state index is -4.67. The van der Waals surface area contributed by atoms with Gasteiger partial charge in [0.2, 0.25) is 113 Å². The van der Waals surface area contributed by atoms with Crippen LogP contribution in [-0.4, -0.2) is 372 Å². The number of nitrogens with two attached hydrogens (primary N) is 2. The fourth-order valence-electron chi connectivity index (χ4n) is 14.7. The molecule has 4 aliphatic heterocycles. The quantitative estimate of drug-likeness (QED) is 0.0366. The molecular formula is C82H123N21O26S6. The normalized spacial score (nSPS) is 26.6. The van der Waals surface area contributed by atoms with E-state index >= 15 is 14.4 Å². The summed E-state index contributed by atoms with van der Waals surface area (Å²) in [7, 11) is -12.4. The Balaban J connectivity index is 0.00000483. The molecule has 4 bridgehead atoms. The number of aliphatic carboxylic acids is 2. The molecule has 53 heteroatoms. The number of aliphatic hydroxyl groups is 1. The van der Waals surface area contributed by atoms with Crippen LogP contribution in [0.3, 0.4) is 0 Å². The number of fused-ring (bicyclic) bond motifs is 12. The number of carbonyl (C=O) groups is 17. The first-order valence-electron chi connectivity index (χ1n) is 43.7. The third-order valence-electron chi connectivity index (χ3n) is 22.2. The molecule has 0 aliphatic carbocycles. The summed E-state index contributed by atoms with van der Waals surface area (Å²) in [5.74, 6) is -24.9. The van der Waals surface area contributed by atoms with E-state index in [0.29, 0.717) is 57.7 Å². The smallest absolute Gasteiger partial charge is 0.305 e. The molecule has 8 rings (SSSR count). The summed E-state index contributed by atoms with van der Waals surface area (Å²) in [6.07, 6.45) is -0.688. The number of aromatic amines is 2.